The van der Waals surface area contributed by atoms with Gasteiger partial charge in [0.25, 0.3) is 0 Å². The Bertz CT molecular complexity index is 385. The molecule has 0 heterocycles. The van der Waals surface area contributed by atoms with Crippen LogP contribution in [0.4, 0.5) is 0 Å². The summed E-state index contributed by atoms with van der Waals surface area (Å²) < 4.78 is 5.51. The molecule has 0 saturated heterocycles. The van der Waals surface area contributed by atoms with Gasteiger partial charge in [0, 0.05) is 13.2 Å². The lowest BCUT2D eigenvalue weighted by Crippen LogP contribution is -2.37. The number of ether oxygens (including phenoxy) is 1. The van der Waals surface area contributed by atoms with E-state index in [-0.39, 0.29) is 5.60 Å². The summed E-state index contributed by atoms with van der Waals surface area (Å²) in [7, 11) is 3.81. The summed E-state index contributed by atoms with van der Waals surface area (Å²) in [6.45, 7) is 8.60. The number of hydrogen-bond acceptors (Lipinski definition) is 2. The van der Waals surface area contributed by atoms with Gasteiger partial charge in [-0.25, -0.2) is 0 Å². The fourth-order valence-corrected chi connectivity index (χ4v) is 2.17. The number of benzene rings is 1. The van der Waals surface area contributed by atoms with Crippen LogP contribution in [0.2, 0.25) is 0 Å². The fraction of sp³-hybridized carbons (Fsp3) is 0.625. The van der Waals surface area contributed by atoms with Gasteiger partial charge in [-0.1, -0.05) is 18.2 Å². The molecule has 0 bridgehead atoms. The van der Waals surface area contributed by atoms with Crippen molar-refractivity contribution in [1.29, 1.82) is 0 Å². The van der Waals surface area contributed by atoms with Crippen molar-refractivity contribution < 1.29 is 4.74 Å². The highest BCUT2D eigenvalue weighted by atomic mass is 16.5. The number of likely N-dealkylation sites (N-methyl/N-ethyl adjacent to an activating group) is 1. The van der Waals surface area contributed by atoms with Gasteiger partial charge >= 0.3 is 0 Å². The maximum absolute atomic E-state index is 5.51. The van der Waals surface area contributed by atoms with Crippen molar-refractivity contribution >= 4 is 0 Å². The summed E-state index contributed by atoms with van der Waals surface area (Å²) in [6.07, 6.45) is 2.05. The summed E-state index contributed by atoms with van der Waals surface area (Å²) in [6, 6.07) is 7.17. The highest BCUT2D eigenvalue weighted by Gasteiger charge is 2.22. The van der Waals surface area contributed by atoms with Crippen LogP contribution in [0.5, 0.6) is 0 Å². The minimum absolute atomic E-state index is 0.0760. The summed E-state index contributed by atoms with van der Waals surface area (Å²) in [5.74, 6) is 0. The zero-order valence-corrected chi connectivity index (χ0v) is 12.6. The molecular weight excluding hydrogens is 222 g/mol. The lowest BCUT2D eigenvalue weighted by molar-refractivity contribution is 0.00773. The SMILES string of the molecule is CNC(Cc1ccc(C)c(C)c1)CC(C)(C)OC. The van der Waals surface area contributed by atoms with Crippen LogP contribution in [0, 0.1) is 13.8 Å². The zero-order valence-electron chi connectivity index (χ0n) is 12.6. The maximum Gasteiger partial charge on any atom is 0.0637 e. The smallest absolute Gasteiger partial charge is 0.0637 e. The van der Waals surface area contributed by atoms with Gasteiger partial charge in [0.05, 0.1) is 5.60 Å². The molecule has 1 aromatic rings. The van der Waals surface area contributed by atoms with Crippen LogP contribution < -0.4 is 5.32 Å². The number of rotatable bonds is 6. The van der Waals surface area contributed by atoms with E-state index in [0.717, 1.165) is 12.8 Å². The van der Waals surface area contributed by atoms with Crippen molar-refractivity contribution in [3.63, 3.8) is 0 Å². The van der Waals surface area contributed by atoms with E-state index < -0.39 is 0 Å². The number of nitrogens with one attached hydrogen (secondary N) is 1. The molecule has 1 unspecified atom stereocenters. The van der Waals surface area contributed by atoms with Gasteiger partial charge in [-0.2, -0.15) is 0 Å². The normalized spacial score (nSPS) is 13.7. The Labute approximate surface area is 112 Å². The van der Waals surface area contributed by atoms with Crippen LogP contribution in [-0.4, -0.2) is 25.8 Å². The molecule has 1 aromatic carbocycles. The van der Waals surface area contributed by atoms with Crippen LogP contribution in [0.15, 0.2) is 18.2 Å². The van der Waals surface area contributed by atoms with Gasteiger partial charge in [0.2, 0.25) is 0 Å². The molecule has 0 aliphatic rings. The molecule has 1 atom stereocenters. The van der Waals surface area contributed by atoms with Gasteiger partial charge in [-0.15, -0.1) is 0 Å². The van der Waals surface area contributed by atoms with E-state index in [1.807, 2.05) is 7.05 Å². The second-order valence-electron chi connectivity index (χ2n) is 5.78. The Balaban J connectivity index is 2.71. The molecule has 0 aliphatic heterocycles. The average Bonchev–Trinajstić information content (AvgIpc) is 2.33. The number of methoxy groups -OCH3 is 1. The minimum Gasteiger partial charge on any atom is -0.379 e. The van der Waals surface area contributed by atoms with Crippen molar-refractivity contribution in [1.82, 2.24) is 5.32 Å². The van der Waals surface area contributed by atoms with Crippen molar-refractivity contribution in [3.05, 3.63) is 34.9 Å². The van der Waals surface area contributed by atoms with Crippen LogP contribution in [0.25, 0.3) is 0 Å². The lowest BCUT2D eigenvalue weighted by atomic mass is 9.93. The largest absolute Gasteiger partial charge is 0.379 e. The van der Waals surface area contributed by atoms with Crippen LogP contribution in [0.1, 0.15) is 37.0 Å². The van der Waals surface area contributed by atoms with Crippen LogP contribution in [-0.2, 0) is 11.2 Å². The first kappa shape index (κ1) is 15.2. The van der Waals surface area contributed by atoms with E-state index in [1.54, 1.807) is 7.11 Å². The van der Waals surface area contributed by atoms with Gasteiger partial charge < -0.3 is 10.1 Å². The molecule has 1 N–H and O–H groups in total. The van der Waals surface area contributed by atoms with Crippen LogP contribution in [0.3, 0.4) is 0 Å². The molecule has 18 heavy (non-hydrogen) atoms. The second kappa shape index (κ2) is 6.35. The molecule has 0 aliphatic carbocycles. The summed E-state index contributed by atoms with van der Waals surface area (Å²) in [5.41, 5.74) is 4.04. The third-order valence-electron chi connectivity index (χ3n) is 3.75. The quantitative estimate of drug-likeness (QED) is 0.835. The predicted octanol–water partition coefficient (Wildman–Crippen LogP) is 3.25. The summed E-state index contributed by atoms with van der Waals surface area (Å²) in [5, 5.41) is 3.40. The first-order chi connectivity index (χ1) is 8.38. The van der Waals surface area contributed by atoms with Crippen molar-refractivity contribution in [2.75, 3.05) is 14.2 Å². The molecule has 0 amide bonds. The van der Waals surface area contributed by atoms with E-state index in [0.29, 0.717) is 6.04 Å². The van der Waals surface area contributed by atoms with Gasteiger partial charge in [-0.05, 0) is 64.3 Å². The summed E-state index contributed by atoms with van der Waals surface area (Å²) in [4.78, 5) is 0. The van der Waals surface area contributed by atoms with Gasteiger partial charge in [0.1, 0.15) is 0 Å². The lowest BCUT2D eigenvalue weighted by Gasteiger charge is -2.28. The van der Waals surface area contributed by atoms with Gasteiger partial charge in [0.15, 0.2) is 0 Å². The number of aryl methyl sites for hydroxylation is 2. The Morgan fingerprint density at radius 3 is 2.39 bits per heavy atom. The molecule has 2 nitrogen and oxygen atoms in total. The molecule has 2 heteroatoms. The fourth-order valence-electron chi connectivity index (χ4n) is 2.17. The predicted molar refractivity (Wildman–Crippen MR) is 78.2 cm³/mol. The first-order valence-corrected chi connectivity index (χ1v) is 6.66. The molecule has 0 radical (unpaired) electrons. The molecule has 0 aromatic heterocycles. The Morgan fingerprint density at radius 1 is 1.22 bits per heavy atom. The zero-order chi connectivity index (χ0) is 13.8. The molecule has 1 rings (SSSR count). The molecular formula is C16H27NO. The van der Waals surface area contributed by atoms with Crippen molar-refractivity contribution in [3.8, 4) is 0 Å². The van der Waals surface area contributed by atoms with E-state index in [2.05, 4.69) is 51.2 Å². The van der Waals surface area contributed by atoms with Crippen LogP contribution >= 0.6 is 0 Å². The number of hydrogen-bond donors (Lipinski definition) is 1. The average molecular weight is 249 g/mol. The molecule has 0 fully saturated rings. The Hall–Kier alpha value is -0.860. The van der Waals surface area contributed by atoms with Crippen molar-refractivity contribution in [2.45, 2.75) is 52.2 Å². The summed E-state index contributed by atoms with van der Waals surface area (Å²) >= 11 is 0. The van der Waals surface area contributed by atoms with E-state index in [9.17, 15) is 0 Å². The third kappa shape index (κ3) is 4.43. The van der Waals surface area contributed by atoms with Gasteiger partial charge in [-0.3, -0.25) is 0 Å². The van der Waals surface area contributed by atoms with Crippen molar-refractivity contribution in [2.24, 2.45) is 0 Å². The highest BCUT2D eigenvalue weighted by Crippen LogP contribution is 2.19. The molecule has 0 saturated carbocycles. The molecule has 0 spiro atoms. The third-order valence-corrected chi connectivity index (χ3v) is 3.75. The minimum atomic E-state index is -0.0760. The monoisotopic (exact) mass is 249 g/mol. The maximum atomic E-state index is 5.51. The standard InChI is InChI=1S/C16H27NO/c1-12-7-8-14(9-13(12)2)10-15(17-5)11-16(3,4)18-6/h7-9,15,17H,10-11H2,1-6H3. The van der Waals surface area contributed by atoms with E-state index >= 15 is 0 Å². The topological polar surface area (TPSA) is 21.3 Å². The van der Waals surface area contributed by atoms with E-state index in [4.69, 9.17) is 4.74 Å². The highest BCUT2D eigenvalue weighted by molar-refractivity contribution is 5.30. The first-order valence-electron chi connectivity index (χ1n) is 6.66. The Morgan fingerprint density at radius 2 is 1.89 bits per heavy atom. The second-order valence-corrected chi connectivity index (χ2v) is 5.78. The van der Waals surface area contributed by atoms with E-state index in [1.165, 1.54) is 16.7 Å². The Kier molecular flexibility index (Phi) is 5.36. The molecule has 102 valence electrons.